The second-order valence-corrected chi connectivity index (χ2v) is 8.28. The number of carbonyl (C=O) groups excluding carboxylic acids is 2. The summed E-state index contributed by atoms with van der Waals surface area (Å²) >= 11 is 2.92. The summed E-state index contributed by atoms with van der Waals surface area (Å²) < 4.78 is 18.1. The number of methoxy groups -OCH3 is 3. The van der Waals surface area contributed by atoms with Crippen molar-refractivity contribution in [3.8, 4) is 23.3 Å². The molecule has 0 radical (unpaired) electrons. The van der Waals surface area contributed by atoms with Crippen molar-refractivity contribution in [1.82, 2.24) is 5.32 Å². The molecule has 234 valence electrons. The Morgan fingerprint density at radius 2 is 1.41 bits per heavy atom. The molecule has 0 saturated carbocycles. The molecule has 7 nitrogen and oxygen atoms in total. The molecule has 0 heterocycles. The SMILES string of the molecule is CC.CC.CC.CC.COC.COc1ccc(NSc2ccc(C#CCNC(=O)CSCCC=O)cc2)cc1OC. The van der Waals surface area contributed by atoms with Gasteiger partial charge in [0.05, 0.1) is 26.5 Å². The lowest BCUT2D eigenvalue weighted by molar-refractivity contribution is -0.118. The first-order valence-corrected chi connectivity index (χ1v) is 16.0. The number of aldehydes is 1. The van der Waals surface area contributed by atoms with Gasteiger partial charge in [0.15, 0.2) is 11.5 Å². The van der Waals surface area contributed by atoms with Crippen molar-refractivity contribution < 1.29 is 23.8 Å². The van der Waals surface area contributed by atoms with Crippen LogP contribution >= 0.6 is 23.7 Å². The third-order valence-electron chi connectivity index (χ3n) is 3.74. The number of nitrogens with one attached hydrogen (secondary N) is 2. The average Bonchev–Trinajstić information content (AvgIpc) is 3.05. The van der Waals surface area contributed by atoms with Crippen molar-refractivity contribution in [2.45, 2.75) is 66.7 Å². The lowest BCUT2D eigenvalue weighted by atomic mass is 10.2. The van der Waals surface area contributed by atoms with Gasteiger partial charge < -0.3 is 29.0 Å². The first kappa shape index (κ1) is 45.2. The van der Waals surface area contributed by atoms with Gasteiger partial charge in [0.1, 0.15) is 6.29 Å². The van der Waals surface area contributed by atoms with Gasteiger partial charge in [-0.25, -0.2) is 0 Å². The van der Waals surface area contributed by atoms with Gasteiger partial charge in [0, 0.05) is 48.6 Å². The van der Waals surface area contributed by atoms with Crippen LogP contribution in [0.5, 0.6) is 11.5 Å². The van der Waals surface area contributed by atoms with Crippen LogP contribution in [0.2, 0.25) is 0 Å². The molecule has 0 bridgehead atoms. The van der Waals surface area contributed by atoms with Crippen LogP contribution in [0, 0.1) is 11.8 Å². The largest absolute Gasteiger partial charge is 0.493 e. The van der Waals surface area contributed by atoms with Crippen molar-refractivity contribution >= 4 is 41.6 Å². The second kappa shape index (κ2) is 37.2. The Bertz CT molecular complexity index is 915. The van der Waals surface area contributed by atoms with E-state index in [1.54, 1.807) is 28.4 Å². The molecule has 9 heteroatoms. The molecule has 0 unspecified atom stereocenters. The van der Waals surface area contributed by atoms with Crippen LogP contribution in [0.3, 0.4) is 0 Å². The van der Waals surface area contributed by atoms with E-state index in [0.29, 0.717) is 36.0 Å². The summed E-state index contributed by atoms with van der Waals surface area (Å²) in [7, 11) is 6.46. The molecule has 0 saturated heterocycles. The van der Waals surface area contributed by atoms with Gasteiger partial charge in [0.25, 0.3) is 0 Å². The number of ether oxygens (including phenoxy) is 3. The van der Waals surface area contributed by atoms with Crippen LogP contribution in [0.1, 0.15) is 67.4 Å². The minimum atomic E-state index is -0.0758. The van der Waals surface area contributed by atoms with E-state index in [2.05, 4.69) is 26.6 Å². The molecule has 0 atom stereocenters. The average molecular weight is 611 g/mol. The highest BCUT2D eigenvalue weighted by molar-refractivity contribution is 8.00. The molecular weight excluding hydrogens is 556 g/mol. The van der Waals surface area contributed by atoms with Gasteiger partial charge >= 0.3 is 0 Å². The Balaban J connectivity index is -0.000000550. The fourth-order valence-corrected chi connectivity index (χ4v) is 3.59. The highest BCUT2D eigenvalue weighted by atomic mass is 32.2. The number of anilines is 1. The summed E-state index contributed by atoms with van der Waals surface area (Å²) in [5, 5.41) is 2.74. The third-order valence-corrected chi connectivity index (χ3v) is 5.58. The summed E-state index contributed by atoms with van der Waals surface area (Å²) in [6.45, 7) is 16.3. The number of hydrogen-bond donors (Lipinski definition) is 2. The number of thioether (sulfide) groups is 1. The fourth-order valence-electron chi connectivity index (χ4n) is 2.26. The summed E-state index contributed by atoms with van der Waals surface area (Å²) in [4.78, 5) is 22.9. The quantitative estimate of drug-likeness (QED) is 0.115. The lowest BCUT2D eigenvalue weighted by Crippen LogP contribution is -2.25. The van der Waals surface area contributed by atoms with E-state index in [-0.39, 0.29) is 5.91 Å². The molecule has 0 fully saturated rings. The van der Waals surface area contributed by atoms with Crippen LogP contribution in [0.4, 0.5) is 5.69 Å². The number of amides is 1. The zero-order chi connectivity index (χ0) is 32.3. The molecular formula is C32H54N2O5S2. The zero-order valence-electron chi connectivity index (χ0n) is 27.3. The molecule has 0 aliphatic carbocycles. The highest BCUT2D eigenvalue weighted by Gasteiger charge is 2.04. The normalized spacial score (nSPS) is 8.20. The Labute approximate surface area is 259 Å². The van der Waals surface area contributed by atoms with Crippen LogP contribution in [0.25, 0.3) is 0 Å². The van der Waals surface area contributed by atoms with E-state index in [9.17, 15) is 9.59 Å². The summed E-state index contributed by atoms with van der Waals surface area (Å²) in [5.41, 5.74) is 1.78. The van der Waals surface area contributed by atoms with Crippen molar-refractivity contribution in [3.63, 3.8) is 0 Å². The summed E-state index contributed by atoms with van der Waals surface area (Å²) in [6.07, 6.45) is 1.32. The van der Waals surface area contributed by atoms with Crippen LogP contribution in [0.15, 0.2) is 47.4 Å². The maximum Gasteiger partial charge on any atom is 0.230 e. The Kier molecular flexibility index (Phi) is 41.0. The summed E-state index contributed by atoms with van der Waals surface area (Å²) in [6, 6.07) is 13.5. The van der Waals surface area contributed by atoms with Gasteiger partial charge in [0.2, 0.25) is 5.91 Å². The predicted octanol–water partition coefficient (Wildman–Crippen LogP) is 7.98. The number of hydrogen-bond acceptors (Lipinski definition) is 8. The monoisotopic (exact) mass is 610 g/mol. The van der Waals surface area contributed by atoms with Gasteiger partial charge in [-0.2, -0.15) is 11.8 Å². The van der Waals surface area contributed by atoms with E-state index < -0.39 is 0 Å². The smallest absolute Gasteiger partial charge is 0.230 e. The maximum absolute atomic E-state index is 11.6. The molecule has 2 N–H and O–H groups in total. The lowest BCUT2D eigenvalue weighted by Gasteiger charge is -2.10. The van der Waals surface area contributed by atoms with E-state index in [0.717, 1.165) is 22.4 Å². The fraction of sp³-hybridized carbons (Fsp3) is 0.500. The van der Waals surface area contributed by atoms with Crippen molar-refractivity contribution in [1.29, 1.82) is 0 Å². The molecule has 2 aromatic carbocycles. The van der Waals surface area contributed by atoms with Gasteiger partial charge in [-0.05, 0) is 48.3 Å². The maximum atomic E-state index is 11.6. The second-order valence-electron chi connectivity index (χ2n) is 6.29. The van der Waals surface area contributed by atoms with Crippen molar-refractivity contribution in [2.75, 3.05) is 51.2 Å². The summed E-state index contributed by atoms with van der Waals surface area (Å²) in [5.74, 6) is 8.24. The standard InChI is InChI=1S/C22H24N2O4S2.C2H6O.4C2H6/c1-27-20-11-8-18(15-21(20)28-2)24-30-19-9-6-17(7-10-19)5-3-12-23-22(26)16-29-14-4-13-25;1-3-2;4*1-2/h6-11,13,15,24H,4,12,14,16H2,1-2H3,(H,23,26);1-2H3;4*1-2H3. The minimum Gasteiger partial charge on any atom is -0.493 e. The first-order valence-electron chi connectivity index (χ1n) is 14.0. The molecule has 2 rings (SSSR count). The van der Waals surface area contributed by atoms with E-state index >= 15 is 0 Å². The van der Waals surface area contributed by atoms with Gasteiger partial charge in [-0.1, -0.05) is 67.2 Å². The van der Waals surface area contributed by atoms with Crippen LogP contribution in [-0.2, 0) is 14.3 Å². The van der Waals surface area contributed by atoms with E-state index in [4.69, 9.17) is 9.47 Å². The first-order chi connectivity index (χ1) is 20.1. The molecule has 41 heavy (non-hydrogen) atoms. The molecule has 0 aliphatic rings. The molecule has 1 amide bonds. The van der Waals surface area contributed by atoms with E-state index in [1.165, 1.54) is 23.7 Å². The molecule has 0 aliphatic heterocycles. The number of benzene rings is 2. The van der Waals surface area contributed by atoms with E-state index in [1.807, 2.05) is 97.9 Å². The third kappa shape index (κ3) is 25.9. The predicted molar refractivity (Wildman–Crippen MR) is 182 cm³/mol. The number of carbonyl (C=O) groups is 2. The Morgan fingerprint density at radius 1 is 0.854 bits per heavy atom. The zero-order valence-corrected chi connectivity index (χ0v) is 28.9. The van der Waals surface area contributed by atoms with Crippen molar-refractivity contribution in [3.05, 3.63) is 48.0 Å². The Morgan fingerprint density at radius 3 is 1.93 bits per heavy atom. The van der Waals surface area contributed by atoms with Gasteiger partial charge in [-0.15, -0.1) is 0 Å². The molecule has 0 spiro atoms. The number of rotatable bonds is 11. The van der Waals surface area contributed by atoms with Crippen LogP contribution in [-0.4, -0.2) is 58.7 Å². The minimum absolute atomic E-state index is 0.0758. The van der Waals surface area contributed by atoms with Crippen LogP contribution < -0.4 is 19.5 Å². The molecule has 0 aromatic heterocycles. The Hall–Kier alpha value is -2.80. The van der Waals surface area contributed by atoms with Gasteiger partial charge in [-0.3, -0.25) is 4.79 Å². The topological polar surface area (TPSA) is 85.9 Å². The van der Waals surface area contributed by atoms with Crippen molar-refractivity contribution in [2.24, 2.45) is 0 Å². The molecule has 2 aromatic rings. The highest BCUT2D eigenvalue weighted by Crippen LogP contribution is 2.31.